The topological polar surface area (TPSA) is 20.3 Å². The summed E-state index contributed by atoms with van der Waals surface area (Å²) in [5.74, 6) is 0.382. The molecule has 138 valence electrons. The molecule has 0 aromatic rings. The first-order chi connectivity index (χ1) is 11.8. The molecule has 0 N–H and O–H groups in total. The predicted molar refractivity (Wildman–Crippen MR) is 105 cm³/mol. The monoisotopic (exact) mass is 333 g/mol. The lowest BCUT2D eigenvalue weighted by molar-refractivity contribution is -0.130. The number of nitrogens with zero attached hydrogens (tertiary/aromatic N) is 1. The third-order valence-electron chi connectivity index (χ3n) is 4.83. The summed E-state index contributed by atoms with van der Waals surface area (Å²) in [4.78, 5) is 13.9. The minimum atomic E-state index is 0.382. The van der Waals surface area contributed by atoms with E-state index in [1.54, 1.807) is 0 Å². The zero-order valence-corrected chi connectivity index (χ0v) is 16.0. The SMILES string of the molecule is CCCCCCC/C=C/C=C/CCCCCCC(=O)N1CCCC1. The van der Waals surface area contributed by atoms with Gasteiger partial charge in [0, 0.05) is 19.5 Å². The predicted octanol–water partition coefficient (Wildman–Crippen LogP) is 6.42. The average molecular weight is 334 g/mol. The van der Waals surface area contributed by atoms with Crippen LogP contribution in [0.3, 0.4) is 0 Å². The van der Waals surface area contributed by atoms with Crippen molar-refractivity contribution in [3.05, 3.63) is 24.3 Å². The van der Waals surface area contributed by atoms with Crippen molar-refractivity contribution in [2.45, 2.75) is 96.8 Å². The molecule has 0 radical (unpaired) electrons. The zero-order valence-electron chi connectivity index (χ0n) is 16.0. The van der Waals surface area contributed by atoms with Crippen LogP contribution in [-0.4, -0.2) is 23.9 Å². The second-order valence-corrected chi connectivity index (χ2v) is 7.10. The van der Waals surface area contributed by atoms with Gasteiger partial charge in [-0.2, -0.15) is 0 Å². The Morgan fingerprint density at radius 1 is 0.792 bits per heavy atom. The third-order valence-corrected chi connectivity index (χ3v) is 4.83. The van der Waals surface area contributed by atoms with E-state index >= 15 is 0 Å². The first-order valence-corrected chi connectivity index (χ1v) is 10.4. The molecule has 2 heteroatoms. The Labute approximate surface area is 150 Å². The van der Waals surface area contributed by atoms with Gasteiger partial charge in [0.25, 0.3) is 0 Å². The van der Waals surface area contributed by atoms with E-state index in [0.717, 1.165) is 25.9 Å². The van der Waals surface area contributed by atoms with Crippen LogP contribution in [0.15, 0.2) is 24.3 Å². The molecule has 0 unspecified atom stereocenters. The molecule has 0 aliphatic carbocycles. The Bertz CT molecular complexity index is 353. The Morgan fingerprint density at radius 2 is 1.33 bits per heavy atom. The molecule has 1 heterocycles. The van der Waals surface area contributed by atoms with Crippen LogP contribution in [0, 0.1) is 0 Å². The highest BCUT2D eigenvalue weighted by atomic mass is 16.2. The van der Waals surface area contributed by atoms with Crippen LogP contribution < -0.4 is 0 Å². The van der Waals surface area contributed by atoms with Gasteiger partial charge < -0.3 is 4.90 Å². The molecule has 0 saturated carbocycles. The summed E-state index contributed by atoms with van der Waals surface area (Å²) >= 11 is 0. The van der Waals surface area contributed by atoms with E-state index in [2.05, 4.69) is 31.2 Å². The summed E-state index contributed by atoms with van der Waals surface area (Å²) in [6.45, 7) is 4.25. The highest BCUT2D eigenvalue weighted by Gasteiger charge is 2.16. The number of likely N-dealkylation sites (tertiary alicyclic amines) is 1. The van der Waals surface area contributed by atoms with Crippen molar-refractivity contribution in [1.82, 2.24) is 4.90 Å². The van der Waals surface area contributed by atoms with Gasteiger partial charge in [-0.15, -0.1) is 0 Å². The standard InChI is InChI=1S/C22H39NO/c1-2-3-4-5-6-7-8-9-10-11-12-13-14-15-16-19-22(24)23-20-17-18-21-23/h8-11H,2-7,12-21H2,1H3/b9-8+,11-10+. The van der Waals surface area contributed by atoms with Crippen molar-refractivity contribution in [3.8, 4) is 0 Å². The van der Waals surface area contributed by atoms with Gasteiger partial charge in [0.05, 0.1) is 0 Å². The van der Waals surface area contributed by atoms with Crippen molar-refractivity contribution in [1.29, 1.82) is 0 Å². The number of allylic oxidation sites excluding steroid dienone is 4. The number of rotatable bonds is 14. The lowest BCUT2D eigenvalue weighted by atomic mass is 10.1. The maximum absolute atomic E-state index is 11.9. The van der Waals surface area contributed by atoms with Gasteiger partial charge in [-0.05, 0) is 44.9 Å². The van der Waals surface area contributed by atoms with Crippen LogP contribution in [0.4, 0.5) is 0 Å². The van der Waals surface area contributed by atoms with Crippen molar-refractivity contribution < 1.29 is 4.79 Å². The summed E-state index contributed by atoms with van der Waals surface area (Å²) in [6.07, 6.45) is 26.1. The van der Waals surface area contributed by atoms with Crippen LogP contribution in [0.5, 0.6) is 0 Å². The number of hydrogen-bond donors (Lipinski definition) is 0. The molecule has 1 aliphatic rings. The second kappa shape index (κ2) is 15.5. The summed E-state index contributed by atoms with van der Waals surface area (Å²) in [7, 11) is 0. The molecule has 1 aliphatic heterocycles. The number of carbonyl (C=O) groups is 1. The Hall–Kier alpha value is -1.05. The van der Waals surface area contributed by atoms with Gasteiger partial charge in [-0.1, -0.05) is 69.8 Å². The van der Waals surface area contributed by atoms with Crippen molar-refractivity contribution in [2.24, 2.45) is 0 Å². The summed E-state index contributed by atoms with van der Waals surface area (Å²) in [6, 6.07) is 0. The van der Waals surface area contributed by atoms with Gasteiger partial charge in [-0.3, -0.25) is 4.79 Å². The smallest absolute Gasteiger partial charge is 0.222 e. The van der Waals surface area contributed by atoms with E-state index in [-0.39, 0.29) is 0 Å². The van der Waals surface area contributed by atoms with Gasteiger partial charge in [0.2, 0.25) is 5.91 Å². The first kappa shape index (κ1) is 21.0. The fraction of sp³-hybridized carbons (Fsp3) is 0.773. The van der Waals surface area contributed by atoms with Crippen molar-refractivity contribution >= 4 is 5.91 Å². The summed E-state index contributed by atoms with van der Waals surface area (Å²) in [5, 5.41) is 0. The minimum Gasteiger partial charge on any atom is -0.343 e. The maximum Gasteiger partial charge on any atom is 0.222 e. The fourth-order valence-electron chi connectivity index (χ4n) is 3.23. The van der Waals surface area contributed by atoms with Gasteiger partial charge in [-0.25, -0.2) is 0 Å². The molecule has 1 rings (SSSR count). The van der Waals surface area contributed by atoms with E-state index in [1.165, 1.54) is 77.0 Å². The van der Waals surface area contributed by atoms with E-state index < -0.39 is 0 Å². The van der Waals surface area contributed by atoms with Crippen LogP contribution in [0.25, 0.3) is 0 Å². The average Bonchev–Trinajstić information content (AvgIpc) is 3.13. The van der Waals surface area contributed by atoms with Crippen LogP contribution in [0.1, 0.15) is 96.8 Å². The molecule has 0 bridgehead atoms. The van der Waals surface area contributed by atoms with Crippen molar-refractivity contribution in [3.63, 3.8) is 0 Å². The lowest BCUT2D eigenvalue weighted by Crippen LogP contribution is -2.27. The molecule has 1 fully saturated rings. The quantitative estimate of drug-likeness (QED) is 0.265. The minimum absolute atomic E-state index is 0.382. The highest BCUT2D eigenvalue weighted by molar-refractivity contribution is 5.76. The van der Waals surface area contributed by atoms with E-state index in [4.69, 9.17) is 0 Å². The van der Waals surface area contributed by atoms with Crippen molar-refractivity contribution in [2.75, 3.05) is 13.1 Å². The molecule has 24 heavy (non-hydrogen) atoms. The normalized spacial score (nSPS) is 15.1. The number of carbonyl (C=O) groups excluding carboxylic acids is 1. The molecule has 0 aromatic heterocycles. The Kier molecular flexibility index (Phi) is 13.5. The molecule has 0 aromatic carbocycles. The van der Waals surface area contributed by atoms with Crippen LogP contribution in [0.2, 0.25) is 0 Å². The molecule has 0 spiro atoms. The highest BCUT2D eigenvalue weighted by Crippen LogP contribution is 2.12. The van der Waals surface area contributed by atoms with Gasteiger partial charge in [0.1, 0.15) is 0 Å². The van der Waals surface area contributed by atoms with E-state index in [0.29, 0.717) is 5.91 Å². The maximum atomic E-state index is 11.9. The lowest BCUT2D eigenvalue weighted by Gasteiger charge is -2.14. The zero-order chi connectivity index (χ0) is 17.3. The second-order valence-electron chi connectivity index (χ2n) is 7.10. The number of hydrogen-bond acceptors (Lipinski definition) is 1. The van der Waals surface area contributed by atoms with Crippen LogP contribution >= 0.6 is 0 Å². The number of unbranched alkanes of at least 4 members (excludes halogenated alkanes) is 9. The van der Waals surface area contributed by atoms with Crippen LogP contribution in [-0.2, 0) is 4.79 Å². The number of amides is 1. The third kappa shape index (κ3) is 11.5. The summed E-state index contributed by atoms with van der Waals surface area (Å²) < 4.78 is 0. The molecule has 0 atom stereocenters. The van der Waals surface area contributed by atoms with E-state index in [9.17, 15) is 4.79 Å². The Morgan fingerprint density at radius 3 is 1.92 bits per heavy atom. The molecule has 1 amide bonds. The molecule has 1 saturated heterocycles. The summed E-state index contributed by atoms with van der Waals surface area (Å²) in [5.41, 5.74) is 0. The van der Waals surface area contributed by atoms with Gasteiger partial charge in [0.15, 0.2) is 0 Å². The first-order valence-electron chi connectivity index (χ1n) is 10.4. The molecule has 2 nitrogen and oxygen atoms in total. The Balaban J connectivity index is 1.83. The molecular formula is C22H39NO. The van der Waals surface area contributed by atoms with Gasteiger partial charge >= 0.3 is 0 Å². The fourth-order valence-corrected chi connectivity index (χ4v) is 3.23. The molecular weight excluding hydrogens is 294 g/mol. The largest absolute Gasteiger partial charge is 0.343 e. The van der Waals surface area contributed by atoms with E-state index in [1.807, 2.05) is 4.90 Å².